The van der Waals surface area contributed by atoms with E-state index >= 15 is 0 Å². The minimum Gasteiger partial charge on any atom is -0.334 e. The number of nitrogens with one attached hydrogen (secondary N) is 1. The van der Waals surface area contributed by atoms with Crippen molar-refractivity contribution in [3.8, 4) is 0 Å². The molecule has 28 heavy (non-hydrogen) atoms. The van der Waals surface area contributed by atoms with Crippen LogP contribution in [0.25, 0.3) is 0 Å². The van der Waals surface area contributed by atoms with Gasteiger partial charge in [0.2, 0.25) is 5.95 Å². The van der Waals surface area contributed by atoms with Gasteiger partial charge in [0.05, 0.1) is 6.04 Å². The Kier molecular flexibility index (Phi) is 5.18. The summed E-state index contributed by atoms with van der Waals surface area (Å²) in [5, 5.41) is 23.3. The second kappa shape index (κ2) is 7.92. The Balaban J connectivity index is 1.65. The Hall–Kier alpha value is -3.03. The van der Waals surface area contributed by atoms with E-state index in [1.165, 1.54) is 5.56 Å². The fraction of sp³-hybridized carbons (Fsp3) is 0.450. The van der Waals surface area contributed by atoms with E-state index in [4.69, 9.17) is 0 Å². The molecular formula is C20H26N8. The number of benzene rings is 1. The van der Waals surface area contributed by atoms with Crippen LogP contribution in [-0.2, 0) is 19.4 Å². The highest BCUT2D eigenvalue weighted by atomic mass is 15.5. The highest BCUT2D eigenvalue weighted by Crippen LogP contribution is 2.39. The number of rotatable bonds is 7. The van der Waals surface area contributed by atoms with Crippen LogP contribution in [0.1, 0.15) is 43.5 Å². The molecule has 0 saturated carbocycles. The summed E-state index contributed by atoms with van der Waals surface area (Å²) >= 11 is 0. The molecule has 0 aliphatic carbocycles. The highest BCUT2D eigenvalue weighted by Gasteiger charge is 2.35. The second-order valence-corrected chi connectivity index (χ2v) is 7.60. The summed E-state index contributed by atoms with van der Waals surface area (Å²) in [4.78, 5) is 2.40. The van der Waals surface area contributed by atoms with E-state index in [-0.39, 0.29) is 0 Å². The van der Waals surface area contributed by atoms with Crippen molar-refractivity contribution in [3.05, 3.63) is 59.7 Å². The van der Waals surface area contributed by atoms with Crippen molar-refractivity contribution in [1.29, 1.82) is 0 Å². The number of aryl methyl sites for hydroxylation is 2. The Bertz CT molecular complexity index is 915. The van der Waals surface area contributed by atoms with Crippen molar-refractivity contribution in [2.75, 3.05) is 11.4 Å². The van der Waals surface area contributed by atoms with Gasteiger partial charge in [0, 0.05) is 25.9 Å². The Labute approximate surface area is 164 Å². The van der Waals surface area contributed by atoms with Crippen LogP contribution in [0.3, 0.4) is 0 Å². The molecule has 1 N–H and O–H groups in total. The monoisotopic (exact) mass is 378 g/mol. The largest absolute Gasteiger partial charge is 0.334 e. The van der Waals surface area contributed by atoms with Crippen LogP contribution in [0, 0.1) is 5.92 Å². The molecule has 1 saturated heterocycles. The maximum absolute atomic E-state index is 4.59. The highest BCUT2D eigenvalue weighted by molar-refractivity contribution is 5.40. The molecule has 8 heteroatoms. The molecule has 1 aromatic carbocycles. The van der Waals surface area contributed by atoms with Crippen LogP contribution in [0.4, 0.5) is 5.95 Å². The van der Waals surface area contributed by atoms with Gasteiger partial charge in [-0.05, 0) is 24.8 Å². The van der Waals surface area contributed by atoms with Crippen molar-refractivity contribution in [1.82, 2.24) is 35.4 Å². The molecule has 0 amide bonds. The maximum atomic E-state index is 4.59. The van der Waals surface area contributed by atoms with Gasteiger partial charge in [-0.25, -0.2) is 0 Å². The van der Waals surface area contributed by atoms with Crippen molar-refractivity contribution in [2.24, 2.45) is 5.92 Å². The van der Waals surface area contributed by atoms with E-state index in [0.29, 0.717) is 37.2 Å². The van der Waals surface area contributed by atoms with Crippen LogP contribution < -0.4 is 4.90 Å². The number of H-pyrrole nitrogens is 1. The molecule has 2 atom stereocenters. The predicted molar refractivity (Wildman–Crippen MR) is 107 cm³/mol. The predicted octanol–water partition coefficient (Wildman–Crippen LogP) is 2.74. The molecule has 2 aromatic heterocycles. The summed E-state index contributed by atoms with van der Waals surface area (Å²) in [6.07, 6.45) is 2.51. The van der Waals surface area contributed by atoms with Crippen LogP contribution in [0.5, 0.6) is 0 Å². The molecule has 1 fully saturated rings. The summed E-state index contributed by atoms with van der Waals surface area (Å²) in [5.74, 6) is 3.09. The lowest BCUT2D eigenvalue weighted by Gasteiger charge is -2.28. The van der Waals surface area contributed by atoms with Gasteiger partial charge in [-0.2, -0.15) is 5.21 Å². The standard InChI is InChI=1S/C20H26N8/c1-14(2)13-28-18(10-9-17-21-25-26-22-17)23-24-20(28)27-12-11-15(3)19(27)16-7-5-4-6-8-16/h4-8,15,19H,1,9-13H2,2-3H3,(H,21,22,25,26). The van der Waals surface area contributed by atoms with Gasteiger partial charge >= 0.3 is 0 Å². The molecule has 2 unspecified atom stereocenters. The molecule has 1 aliphatic rings. The maximum Gasteiger partial charge on any atom is 0.228 e. The first kappa shape index (κ1) is 18.3. The van der Waals surface area contributed by atoms with Crippen molar-refractivity contribution < 1.29 is 0 Å². The van der Waals surface area contributed by atoms with E-state index in [9.17, 15) is 0 Å². The zero-order valence-corrected chi connectivity index (χ0v) is 16.4. The number of anilines is 1. The molecule has 0 spiro atoms. The third-order valence-electron chi connectivity index (χ3n) is 5.30. The van der Waals surface area contributed by atoms with E-state index in [2.05, 4.69) is 84.1 Å². The average Bonchev–Trinajstić information content (AvgIpc) is 3.41. The number of allylic oxidation sites excluding steroid dienone is 1. The van der Waals surface area contributed by atoms with Crippen LogP contribution >= 0.6 is 0 Å². The third kappa shape index (κ3) is 3.67. The van der Waals surface area contributed by atoms with E-state index in [1.807, 2.05) is 6.92 Å². The third-order valence-corrected chi connectivity index (χ3v) is 5.30. The number of hydrogen-bond donors (Lipinski definition) is 1. The lowest BCUT2D eigenvalue weighted by molar-refractivity contribution is 0.524. The zero-order chi connectivity index (χ0) is 19.5. The summed E-state index contributed by atoms with van der Waals surface area (Å²) in [5.41, 5.74) is 2.40. The fourth-order valence-corrected chi connectivity index (χ4v) is 4.00. The van der Waals surface area contributed by atoms with Gasteiger partial charge < -0.3 is 4.90 Å². The quantitative estimate of drug-likeness (QED) is 0.636. The molecule has 4 rings (SSSR count). The van der Waals surface area contributed by atoms with Gasteiger partial charge in [0.25, 0.3) is 0 Å². The van der Waals surface area contributed by atoms with Crippen LogP contribution in [-0.4, -0.2) is 41.9 Å². The molecule has 0 radical (unpaired) electrons. The SMILES string of the molecule is C=C(C)Cn1c(CCc2nn[nH]n2)nnc1N1CCC(C)C1c1ccccc1. The van der Waals surface area contributed by atoms with Crippen molar-refractivity contribution in [3.63, 3.8) is 0 Å². The van der Waals surface area contributed by atoms with Crippen molar-refractivity contribution in [2.45, 2.75) is 45.7 Å². The summed E-state index contributed by atoms with van der Waals surface area (Å²) in [7, 11) is 0. The van der Waals surface area contributed by atoms with Gasteiger partial charge in [0.15, 0.2) is 5.82 Å². The summed E-state index contributed by atoms with van der Waals surface area (Å²) in [6.45, 7) is 10.1. The summed E-state index contributed by atoms with van der Waals surface area (Å²) < 4.78 is 2.19. The molecule has 1 aliphatic heterocycles. The minimum atomic E-state index is 0.305. The normalized spacial score (nSPS) is 19.3. The lowest BCUT2D eigenvalue weighted by atomic mass is 9.95. The molecule has 3 aromatic rings. The van der Waals surface area contributed by atoms with Gasteiger partial charge in [-0.15, -0.1) is 20.4 Å². The first-order chi connectivity index (χ1) is 13.6. The number of aromatic nitrogens is 7. The summed E-state index contributed by atoms with van der Waals surface area (Å²) in [6, 6.07) is 11.0. The van der Waals surface area contributed by atoms with E-state index < -0.39 is 0 Å². The fourth-order valence-electron chi connectivity index (χ4n) is 4.00. The molecule has 8 nitrogen and oxygen atoms in total. The van der Waals surface area contributed by atoms with Crippen molar-refractivity contribution >= 4 is 5.95 Å². The number of nitrogens with zero attached hydrogens (tertiary/aromatic N) is 7. The van der Waals surface area contributed by atoms with E-state index in [1.54, 1.807) is 0 Å². The van der Waals surface area contributed by atoms with Crippen LogP contribution in [0.15, 0.2) is 42.5 Å². The number of aromatic amines is 1. The topological polar surface area (TPSA) is 88.4 Å². The first-order valence-corrected chi connectivity index (χ1v) is 9.74. The van der Waals surface area contributed by atoms with E-state index in [0.717, 1.165) is 30.3 Å². The molecular weight excluding hydrogens is 352 g/mol. The Morgan fingerprint density at radius 1 is 1.18 bits per heavy atom. The minimum absolute atomic E-state index is 0.305. The Morgan fingerprint density at radius 2 is 2.00 bits per heavy atom. The average molecular weight is 378 g/mol. The molecule has 146 valence electrons. The molecule has 0 bridgehead atoms. The lowest BCUT2D eigenvalue weighted by Crippen LogP contribution is -2.28. The van der Waals surface area contributed by atoms with Gasteiger partial charge in [0.1, 0.15) is 5.82 Å². The van der Waals surface area contributed by atoms with Crippen LogP contribution in [0.2, 0.25) is 0 Å². The smallest absolute Gasteiger partial charge is 0.228 e. The van der Waals surface area contributed by atoms with Gasteiger partial charge in [-0.3, -0.25) is 4.57 Å². The second-order valence-electron chi connectivity index (χ2n) is 7.60. The number of tetrazole rings is 1. The zero-order valence-electron chi connectivity index (χ0n) is 16.4. The van der Waals surface area contributed by atoms with Gasteiger partial charge in [-0.1, -0.05) is 54.6 Å². The Morgan fingerprint density at radius 3 is 2.71 bits per heavy atom. The molecule has 3 heterocycles. The number of hydrogen-bond acceptors (Lipinski definition) is 6. The first-order valence-electron chi connectivity index (χ1n) is 9.74.